The van der Waals surface area contributed by atoms with E-state index in [-0.39, 0.29) is 79.5 Å². The van der Waals surface area contributed by atoms with Crippen molar-refractivity contribution in [3.8, 4) is 0 Å². The van der Waals surface area contributed by atoms with Crippen LogP contribution in [-0.4, -0.2) is 99.5 Å². The highest BCUT2D eigenvalue weighted by Crippen LogP contribution is 2.37. The summed E-state index contributed by atoms with van der Waals surface area (Å²) in [7, 11) is -3.55. The van der Waals surface area contributed by atoms with Gasteiger partial charge in [-0.15, -0.1) is 0 Å². The average Bonchev–Trinajstić information content (AvgIpc) is 3.99. The van der Waals surface area contributed by atoms with Crippen LogP contribution in [0.4, 0.5) is 0 Å². The van der Waals surface area contributed by atoms with E-state index in [4.69, 9.17) is 37.6 Å². The predicted molar refractivity (Wildman–Crippen MR) is 312 cm³/mol. The number of benzene rings is 4. The summed E-state index contributed by atoms with van der Waals surface area (Å²) < 4.78 is 78.5. The first-order chi connectivity index (χ1) is 37.4. The second-order valence-electron chi connectivity index (χ2n) is 22.0. The zero-order valence-electron chi connectivity index (χ0n) is 47.8. The molecule has 4 aromatic rings. The van der Waals surface area contributed by atoms with Crippen molar-refractivity contribution in [3.05, 3.63) is 127 Å². The van der Waals surface area contributed by atoms with Gasteiger partial charge >= 0.3 is 0 Å². The molecule has 0 aromatic heterocycles. The molecule has 1 fully saturated rings. The maximum absolute atomic E-state index is 14.4. The smallest absolute Gasteiger partial charge is 0.261 e. The summed E-state index contributed by atoms with van der Waals surface area (Å²) in [5, 5.41) is 0.974. The molecule has 1 aliphatic rings. The Morgan fingerprint density at radius 3 is 1.60 bits per heavy atom. The minimum absolute atomic E-state index is 0.0731. The molecule has 0 N–H and O–H groups in total. The number of methoxy groups -OCH3 is 2. The summed E-state index contributed by atoms with van der Waals surface area (Å²) in [6, 6.07) is 39.4. The first kappa shape index (κ1) is 64.2. The van der Waals surface area contributed by atoms with E-state index in [1.54, 1.807) is 44.6 Å². The Morgan fingerprint density at radius 1 is 0.584 bits per heavy atom. The number of carbonyl (C=O) groups is 1. The van der Waals surface area contributed by atoms with Crippen molar-refractivity contribution in [2.75, 3.05) is 41.2 Å². The molecule has 0 radical (unpaired) electrons. The van der Waals surface area contributed by atoms with Crippen LogP contribution in [0.1, 0.15) is 168 Å². The van der Waals surface area contributed by atoms with Gasteiger partial charge in [0.25, 0.3) is 8.32 Å². The van der Waals surface area contributed by atoms with Crippen molar-refractivity contribution in [1.29, 1.82) is 0 Å². The molecular formula is C64H96O11SSi. The fraction of sp³-hybridized carbons (Fsp3) is 0.609. The SMILES string of the molecule is CCCCCCCCCCCC[C@H](OCOC)[C@@H]1CC[C@@H]([C@@H](CCCCC(=O)C(CCCC[C@H](CO[Si](c2ccccc2)(c2ccccc2)C(C)(C)C)OCOC)S(=O)(=O)c2ccccc2)OCOCc2ccccc2)O1. The van der Waals surface area contributed by atoms with Crippen LogP contribution in [0, 0.1) is 0 Å². The number of carbonyl (C=O) groups excluding carboxylic acids is 1. The number of rotatable bonds is 42. The van der Waals surface area contributed by atoms with E-state index >= 15 is 0 Å². The summed E-state index contributed by atoms with van der Waals surface area (Å²) in [5.41, 5.74) is 1.06. The summed E-state index contributed by atoms with van der Waals surface area (Å²) in [5.74, 6) is -0.262. The lowest BCUT2D eigenvalue weighted by molar-refractivity contribution is -0.165. The Labute approximate surface area is 465 Å². The molecule has 11 nitrogen and oxygen atoms in total. The minimum Gasteiger partial charge on any atom is -0.405 e. The molecule has 0 saturated carbocycles. The zero-order valence-corrected chi connectivity index (χ0v) is 49.6. The summed E-state index contributed by atoms with van der Waals surface area (Å²) >= 11 is 0. The molecule has 5 rings (SSSR count). The number of hydrogen-bond acceptors (Lipinski definition) is 11. The fourth-order valence-corrected chi connectivity index (χ4v) is 17.4. The van der Waals surface area contributed by atoms with Crippen molar-refractivity contribution >= 4 is 34.3 Å². The molecular weight excluding hydrogens is 1000 g/mol. The van der Waals surface area contributed by atoms with Crippen LogP contribution in [0.25, 0.3) is 0 Å². The monoisotopic (exact) mass is 1100 g/mol. The predicted octanol–water partition coefficient (Wildman–Crippen LogP) is 13.5. The summed E-state index contributed by atoms with van der Waals surface area (Å²) in [6.07, 6.45) is 18.3. The standard InChI is InChI=1S/C64H96O11SSi/c1-7-8-9-10-11-12-13-14-15-28-43-59(72-51-69-6)61-46-47-62(75-61)60(73-52-70-48-53-33-20-16-21-34-53)44-31-30-42-58(65)63(76(66,67)55-36-22-17-23-37-55)45-32-29-35-54(71-50-68-5)49-74-77(64(2,3)4,56-38-24-18-25-39-56)57-40-26-19-27-41-57/h16-27,33-34,36-41,54,59-63H,7-15,28-32,35,42-52H2,1-6H3/t54-,59+,60-,61+,62+,63?/m1/s1. The third-order valence-electron chi connectivity index (χ3n) is 15.2. The summed E-state index contributed by atoms with van der Waals surface area (Å²) in [6.45, 7) is 10.2. The van der Waals surface area contributed by atoms with E-state index in [1.165, 1.54) is 68.2 Å². The third kappa shape index (κ3) is 21.4. The first-order valence-electron chi connectivity index (χ1n) is 29.1. The lowest BCUT2D eigenvalue weighted by Crippen LogP contribution is -2.67. The van der Waals surface area contributed by atoms with Gasteiger partial charge in [0.1, 0.15) is 25.6 Å². The van der Waals surface area contributed by atoms with E-state index in [9.17, 15) is 13.2 Å². The number of sulfone groups is 1. The van der Waals surface area contributed by atoms with Crippen LogP contribution < -0.4 is 10.4 Å². The number of unbranched alkanes of at least 4 members (excludes halogenated alkanes) is 11. The van der Waals surface area contributed by atoms with Crippen molar-refractivity contribution in [2.45, 2.75) is 215 Å². The second kappa shape index (κ2) is 35.9. The molecule has 13 heteroatoms. The topological polar surface area (TPSA) is 125 Å². The van der Waals surface area contributed by atoms with Gasteiger partial charge in [0, 0.05) is 20.6 Å². The van der Waals surface area contributed by atoms with Crippen LogP contribution in [0.3, 0.4) is 0 Å². The lowest BCUT2D eigenvalue weighted by Gasteiger charge is -2.43. The van der Waals surface area contributed by atoms with Crippen LogP contribution in [-0.2, 0) is 58.8 Å². The van der Waals surface area contributed by atoms with Crippen molar-refractivity contribution < 1.29 is 50.8 Å². The van der Waals surface area contributed by atoms with Gasteiger partial charge in [0.05, 0.1) is 48.6 Å². The molecule has 428 valence electrons. The Kier molecular flexibility index (Phi) is 29.9. The number of ketones is 1. The average molecular weight is 1100 g/mol. The van der Waals surface area contributed by atoms with Gasteiger partial charge in [-0.2, -0.15) is 0 Å². The number of ether oxygens (including phenoxy) is 7. The molecule has 0 bridgehead atoms. The molecule has 1 saturated heterocycles. The van der Waals surface area contributed by atoms with Crippen LogP contribution in [0.15, 0.2) is 126 Å². The third-order valence-corrected chi connectivity index (χ3v) is 22.3. The van der Waals surface area contributed by atoms with Crippen LogP contribution in [0.2, 0.25) is 5.04 Å². The van der Waals surface area contributed by atoms with Gasteiger partial charge in [-0.1, -0.05) is 220 Å². The normalized spacial score (nSPS) is 16.8. The highest BCUT2D eigenvalue weighted by Gasteiger charge is 2.50. The van der Waals surface area contributed by atoms with E-state index in [1.807, 2.05) is 42.5 Å². The Hall–Kier alpha value is -3.60. The van der Waals surface area contributed by atoms with E-state index in [0.717, 1.165) is 31.2 Å². The zero-order chi connectivity index (χ0) is 55.0. The van der Waals surface area contributed by atoms with E-state index in [2.05, 4.69) is 76.2 Å². The summed E-state index contributed by atoms with van der Waals surface area (Å²) in [4.78, 5) is 14.5. The largest absolute Gasteiger partial charge is 0.405 e. The molecule has 77 heavy (non-hydrogen) atoms. The molecule has 0 spiro atoms. The van der Waals surface area contributed by atoms with Gasteiger partial charge in [-0.25, -0.2) is 8.42 Å². The fourth-order valence-electron chi connectivity index (χ4n) is 11.0. The number of Topliss-reactive ketones (excluding diaryl/α,β-unsaturated/α-hetero) is 1. The molecule has 1 heterocycles. The number of hydrogen-bond donors (Lipinski definition) is 0. The van der Waals surface area contributed by atoms with Crippen molar-refractivity contribution in [2.24, 2.45) is 0 Å². The molecule has 6 atom stereocenters. The maximum atomic E-state index is 14.4. The van der Waals surface area contributed by atoms with Crippen LogP contribution >= 0.6 is 0 Å². The lowest BCUT2D eigenvalue weighted by atomic mass is 9.99. The maximum Gasteiger partial charge on any atom is 0.261 e. The van der Waals surface area contributed by atoms with Gasteiger partial charge in [-0.05, 0) is 78.1 Å². The quantitative estimate of drug-likeness (QED) is 0.0239. The second-order valence-corrected chi connectivity index (χ2v) is 28.5. The van der Waals surface area contributed by atoms with Crippen LogP contribution in [0.5, 0.6) is 0 Å². The first-order valence-corrected chi connectivity index (χ1v) is 32.6. The molecule has 1 unspecified atom stereocenters. The van der Waals surface area contributed by atoms with E-state index < -0.39 is 23.4 Å². The van der Waals surface area contributed by atoms with Gasteiger partial charge in [-0.3, -0.25) is 4.79 Å². The highest BCUT2D eigenvalue weighted by atomic mass is 32.2. The van der Waals surface area contributed by atoms with Crippen molar-refractivity contribution in [3.63, 3.8) is 0 Å². The molecule has 1 aliphatic heterocycles. The molecule has 0 aliphatic carbocycles. The van der Waals surface area contributed by atoms with E-state index in [0.29, 0.717) is 51.7 Å². The van der Waals surface area contributed by atoms with Gasteiger partial charge in [0.15, 0.2) is 15.6 Å². The van der Waals surface area contributed by atoms with Gasteiger partial charge in [0.2, 0.25) is 0 Å². The minimum atomic E-state index is -3.97. The molecule has 4 aromatic carbocycles. The highest BCUT2D eigenvalue weighted by molar-refractivity contribution is 7.92. The van der Waals surface area contributed by atoms with Crippen molar-refractivity contribution in [1.82, 2.24) is 0 Å². The Morgan fingerprint density at radius 2 is 1.05 bits per heavy atom. The molecule has 0 amide bonds. The Balaban J connectivity index is 1.20. The Bertz CT molecular complexity index is 2210. The van der Waals surface area contributed by atoms with Gasteiger partial charge < -0.3 is 37.6 Å².